The lowest BCUT2D eigenvalue weighted by molar-refractivity contribution is -0.116. The van der Waals surface area contributed by atoms with Crippen LogP contribution < -0.4 is 10.6 Å². The number of rotatable bonds is 7. The van der Waals surface area contributed by atoms with Gasteiger partial charge >= 0.3 is 0 Å². The van der Waals surface area contributed by atoms with Crippen LogP contribution in [0, 0.1) is 0 Å². The first kappa shape index (κ1) is 17.5. The van der Waals surface area contributed by atoms with Crippen molar-refractivity contribution < 1.29 is 4.79 Å². The fraction of sp³-hybridized carbons (Fsp3) is 0.316. The summed E-state index contributed by atoms with van der Waals surface area (Å²) in [7, 11) is 0. The number of hydrogen-bond acceptors (Lipinski definition) is 2. The van der Waals surface area contributed by atoms with Gasteiger partial charge in [-0.3, -0.25) is 4.79 Å². The fourth-order valence-electron chi connectivity index (χ4n) is 2.24. The molecule has 122 valence electrons. The van der Waals surface area contributed by atoms with E-state index in [1.807, 2.05) is 36.4 Å². The minimum absolute atomic E-state index is 0.00829. The molecule has 0 unspecified atom stereocenters. The third-order valence-electron chi connectivity index (χ3n) is 3.66. The molecule has 0 saturated heterocycles. The highest BCUT2D eigenvalue weighted by Gasteiger charge is 2.04. The number of carbonyl (C=O) groups is 1. The summed E-state index contributed by atoms with van der Waals surface area (Å²) in [5, 5.41) is 6.90. The quantitative estimate of drug-likeness (QED) is 0.729. The zero-order valence-corrected chi connectivity index (χ0v) is 14.4. The third kappa shape index (κ3) is 5.70. The van der Waals surface area contributed by atoms with Gasteiger partial charge in [0.25, 0.3) is 0 Å². The molecule has 0 atom stereocenters. The molecule has 1 amide bonds. The lowest BCUT2D eigenvalue weighted by Gasteiger charge is -2.09. The molecular weight excluding hydrogens is 308 g/mol. The number of anilines is 1. The largest absolute Gasteiger partial charge is 0.326 e. The molecule has 2 rings (SSSR count). The Labute approximate surface area is 143 Å². The molecule has 0 radical (unpaired) electrons. The highest BCUT2D eigenvalue weighted by atomic mass is 35.5. The molecular formula is C19H23ClN2O. The van der Waals surface area contributed by atoms with Crippen LogP contribution in [-0.2, 0) is 11.3 Å². The molecule has 4 heteroatoms. The minimum atomic E-state index is 0.00829. The van der Waals surface area contributed by atoms with Crippen molar-refractivity contribution in [3.63, 3.8) is 0 Å². The van der Waals surface area contributed by atoms with Crippen LogP contribution in [0.1, 0.15) is 37.3 Å². The summed E-state index contributed by atoms with van der Waals surface area (Å²) < 4.78 is 0. The third-order valence-corrected chi connectivity index (χ3v) is 4.03. The number of carbonyl (C=O) groups excluding carboxylic acids is 1. The summed E-state index contributed by atoms with van der Waals surface area (Å²) in [6.45, 7) is 5.58. The van der Waals surface area contributed by atoms with Gasteiger partial charge in [0, 0.05) is 30.2 Å². The summed E-state index contributed by atoms with van der Waals surface area (Å²) in [5.74, 6) is 0.503. The Morgan fingerprint density at radius 3 is 2.43 bits per heavy atom. The van der Waals surface area contributed by atoms with Crippen LogP contribution in [0.3, 0.4) is 0 Å². The lowest BCUT2D eigenvalue weighted by atomic mass is 10.0. The average Bonchev–Trinajstić information content (AvgIpc) is 2.53. The van der Waals surface area contributed by atoms with E-state index in [9.17, 15) is 4.79 Å². The van der Waals surface area contributed by atoms with Gasteiger partial charge in [-0.25, -0.2) is 0 Å². The minimum Gasteiger partial charge on any atom is -0.326 e. The topological polar surface area (TPSA) is 41.1 Å². The van der Waals surface area contributed by atoms with Crippen molar-refractivity contribution in [2.45, 2.75) is 32.7 Å². The maximum absolute atomic E-state index is 11.9. The number of nitrogens with one attached hydrogen (secondary N) is 2. The van der Waals surface area contributed by atoms with Crippen molar-refractivity contribution in [2.75, 3.05) is 11.9 Å². The van der Waals surface area contributed by atoms with E-state index in [0.717, 1.165) is 16.3 Å². The molecule has 2 aromatic rings. The van der Waals surface area contributed by atoms with Crippen LogP contribution >= 0.6 is 11.6 Å². The van der Waals surface area contributed by atoms with E-state index in [0.29, 0.717) is 25.4 Å². The molecule has 0 spiro atoms. The highest BCUT2D eigenvalue weighted by molar-refractivity contribution is 6.31. The SMILES string of the molecule is CC(C)c1ccc(NC(=O)CCNCc2ccccc2Cl)cc1. The van der Waals surface area contributed by atoms with Crippen LogP contribution in [0.2, 0.25) is 5.02 Å². The molecule has 2 N–H and O–H groups in total. The molecule has 2 aromatic carbocycles. The average molecular weight is 331 g/mol. The molecule has 0 aliphatic heterocycles. The normalized spacial score (nSPS) is 10.8. The fourth-order valence-corrected chi connectivity index (χ4v) is 2.44. The van der Waals surface area contributed by atoms with Gasteiger partial charge in [-0.2, -0.15) is 0 Å². The van der Waals surface area contributed by atoms with E-state index < -0.39 is 0 Å². The lowest BCUT2D eigenvalue weighted by Crippen LogP contribution is -2.21. The predicted octanol–water partition coefficient (Wildman–Crippen LogP) is 4.58. The van der Waals surface area contributed by atoms with Crippen molar-refractivity contribution in [2.24, 2.45) is 0 Å². The van der Waals surface area contributed by atoms with Crippen molar-refractivity contribution in [1.29, 1.82) is 0 Å². The Balaban J connectivity index is 1.72. The second-order valence-electron chi connectivity index (χ2n) is 5.84. The van der Waals surface area contributed by atoms with Crippen LogP contribution in [-0.4, -0.2) is 12.5 Å². The number of amides is 1. The monoisotopic (exact) mass is 330 g/mol. The van der Waals surface area contributed by atoms with Crippen molar-refractivity contribution >= 4 is 23.2 Å². The van der Waals surface area contributed by atoms with E-state index in [2.05, 4.69) is 36.6 Å². The molecule has 3 nitrogen and oxygen atoms in total. The highest BCUT2D eigenvalue weighted by Crippen LogP contribution is 2.17. The second kappa shape index (κ2) is 8.70. The van der Waals surface area contributed by atoms with Gasteiger partial charge in [-0.15, -0.1) is 0 Å². The summed E-state index contributed by atoms with van der Waals surface area (Å²) in [6, 6.07) is 15.7. The second-order valence-corrected chi connectivity index (χ2v) is 6.25. The maximum Gasteiger partial charge on any atom is 0.225 e. The molecule has 0 heterocycles. The van der Waals surface area contributed by atoms with Gasteiger partial charge in [0.15, 0.2) is 0 Å². The number of benzene rings is 2. The Morgan fingerprint density at radius 2 is 1.78 bits per heavy atom. The Kier molecular flexibility index (Phi) is 6.63. The Bertz CT molecular complexity index is 638. The van der Waals surface area contributed by atoms with Crippen LogP contribution in [0.25, 0.3) is 0 Å². The smallest absolute Gasteiger partial charge is 0.225 e. The van der Waals surface area contributed by atoms with E-state index >= 15 is 0 Å². The van der Waals surface area contributed by atoms with Crippen LogP contribution in [0.15, 0.2) is 48.5 Å². The standard InChI is InChI=1S/C19H23ClN2O/c1-14(2)15-7-9-17(10-8-15)22-19(23)11-12-21-13-16-5-3-4-6-18(16)20/h3-10,14,21H,11-13H2,1-2H3,(H,22,23). The van der Waals surface area contributed by atoms with Crippen molar-refractivity contribution in [3.8, 4) is 0 Å². The molecule has 0 fully saturated rings. The maximum atomic E-state index is 11.9. The summed E-state index contributed by atoms with van der Waals surface area (Å²) in [5.41, 5.74) is 3.15. The Morgan fingerprint density at radius 1 is 1.09 bits per heavy atom. The zero-order valence-electron chi connectivity index (χ0n) is 13.6. The summed E-state index contributed by atoms with van der Waals surface area (Å²) >= 11 is 6.09. The van der Waals surface area contributed by atoms with Crippen molar-refractivity contribution in [3.05, 3.63) is 64.7 Å². The summed E-state index contributed by atoms with van der Waals surface area (Å²) in [6.07, 6.45) is 0.427. The first-order valence-corrected chi connectivity index (χ1v) is 8.28. The van der Waals surface area contributed by atoms with E-state index in [1.165, 1.54) is 5.56 Å². The molecule has 0 aliphatic rings. The van der Waals surface area contributed by atoms with Crippen molar-refractivity contribution in [1.82, 2.24) is 5.32 Å². The first-order chi connectivity index (χ1) is 11.1. The van der Waals surface area contributed by atoms with E-state index in [-0.39, 0.29) is 5.91 Å². The van der Waals surface area contributed by atoms with E-state index in [1.54, 1.807) is 0 Å². The number of halogens is 1. The van der Waals surface area contributed by atoms with Gasteiger partial charge in [0.2, 0.25) is 5.91 Å². The summed E-state index contributed by atoms with van der Waals surface area (Å²) in [4.78, 5) is 11.9. The van der Waals surface area contributed by atoms with Gasteiger partial charge in [-0.05, 0) is 35.2 Å². The van der Waals surface area contributed by atoms with Gasteiger partial charge in [-0.1, -0.05) is 55.8 Å². The Hall–Kier alpha value is -1.84. The molecule has 0 bridgehead atoms. The van der Waals surface area contributed by atoms with Gasteiger partial charge < -0.3 is 10.6 Å². The molecule has 0 aliphatic carbocycles. The molecule has 0 aromatic heterocycles. The van der Waals surface area contributed by atoms with E-state index in [4.69, 9.17) is 11.6 Å². The zero-order chi connectivity index (χ0) is 16.7. The predicted molar refractivity (Wildman–Crippen MR) is 96.9 cm³/mol. The van der Waals surface area contributed by atoms with Gasteiger partial charge in [0.1, 0.15) is 0 Å². The molecule has 23 heavy (non-hydrogen) atoms. The van der Waals surface area contributed by atoms with Crippen LogP contribution in [0.4, 0.5) is 5.69 Å². The molecule has 0 saturated carbocycles. The van der Waals surface area contributed by atoms with Crippen LogP contribution in [0.5, 0.6) is 0 Å². The number of hydrogen-bond donors (Lipinski definition) is 2. The van der Waals surface area contributed by atoms with Gasteiger partial charge in [0.05, 0.1) is 0 Å². The first-order valence-electron chi connectivity index (χ1n) is 7.90.